The molecule has 5 nitrogen and oxygen atoms in total. The van der Waals surface area contributed by atoms with Crippen LogP contribution in [-0.2, 0) is 11.3 Å². The number of ether oxygens (including phenoxy) is 1. The first kappa shape index (κ1) is 11.6. The fraction of sp³-hybridized carbons (Fsp3) is 0.600. The Balaban J connectivity index is 2.40. The molecular formula is C10H16N2O3. The molecule has 1 rings (SSSR count). The van der Waals surface area contributed by atoms with Gasteiger partial charge in [-0.05, 0) is 27.7 Å². The van der Waals surface area contributed by atoms with Crippen molar-refractivity contribution in [2.24, 2.45) is 0 Å². The van der Waals surface area contributed by atoms with Crippen LogP contribution in [0.15, 0.2) is 4.42 Å². The maximum Gasteiger partial charge on any atom is 0.407 e. The van der Waals surface area contributed by atoms with Crippen molar-refractivity contribution in [3.8, 4) is 0 Å². The van der Waals surface area contributed by atoms with E-state index in [1.807, 2.05) is 13.8 Å². The molecule has 0 aliphatic heterocycles. The fourth-order valence-electron chi connectivity index (χ4n) is 1.02. The molecule has 0 atom stereocenters. The molecule has 1 heterocycles. The standard InChI is InChI=1S/C10H16N2O3/c1-6(2)14-10(13)11-5-9-12-7(3)8(4)15-9/h6H,5H2,1-4H3,(H,11,13). The van der Waals surface area contributed by atoms with E-state index < -0.39 is 6.09 Å². The highest BCUT2D eigenvalue weighted by Gasteiger charge is 2.08. The van der Waals surface area contributed by atoms with Gasteiger partial charge in [-0.25, -0.2) is 9.78 Å². The van der Waals surface area contributed by atoms with Gasteiger partial charge in [-0.15, -0.1) is 0 Å². The average molecular weight is 212 g/mol. The van der Waals surface area contributed by atoms with Gasteiger partial charge in [-0.1, -0.05) is 0 Å². The van der Waals surface area contributed by atoms with Crippen molar-refractivity contribution in [3.63, 3.8) is 0 Å². The molecule has 0 radical (unpaired) electrons. The molecule has 0 aliphatic rings. The zero-order chi connectivity index (χ0) is 11.4. The largest absolute Gasteiger partial charge is 0.447 e. The summed E-state index contributed by atoms with van der Waals surface area (Å²) < 4.78 is 10.2. The average Bonchev–Trinajstić information content (AvgIpc) is 2.42. The zero-order valence-electron chi connectivity index (χ0n) is 9.46. The van der Waals surface area contributed by atoms with Crippen LogP contribution < -0.4 is 5.32 Å². The Morgan fingerprint density at radius 2 is 2.20 bits per heavy atom. The fourth-order valence-corrected chi connectivity index (χ4v) is 1.02. The number of carbonyl (C=O) groups excluding carboxylic acids is 1. The van der Waals surface area contributed by atoms with Crippen LogP contribution in [0.5, 0.6) is 0 Å². The molecule has 0 aliphatic carbocycles. The number of nitrogens with zero attached hydrogens (tertiary/aromatic N) is 1. The summed E-state index contributed by atoms with van der Waals surface area (Å²) >= 11 is 0. The molecule has 1 amide bonds. The highest BCUT2D eigenvalue weighted by molar-refractivity contribution is 5.67. The minimum Gasteiger partial charge on any atom is -0.447 e. The van der Waals surface area contributed by atoms with Crippen LogP contribution in [0, 0.1) is 13.8 Å². The first-order valence-corrected chi connectivity index (χ1v) is 4.86. The molecule has 0 aromatic carbocycles. The number of nitrogens with one attached hydrogen (secondary N) is 1. The quantitative estimate of drug-likeness (QED) is 0.831. The van der Waals surface area contributed by atoms with Gasteiger partial charge in [0.05, 0.1) is 18.3 Å². The maximum atomic E-state index is 11.1. The van der Waals surface area contributed by atoms with Crippen molar-refractivity contribution in [1.29, 1.82) is 0 Å². The molecule has 1 aromatic rings. The third kappa shape index (κ3) is 3.61. The summed E-state index contributed by atoms with van der Waals surface area (Å²) in [6.07, 6.45) is -0.587. The number of carbonyl (C=O) groups is 1. The Labute approximate surface area is 88.8 Å². The van der Waals surface area contributed by atoms with Gasteiger partial charge >= 0.3 is 6.09 Å². The van der Waals surface area contributed by atoms with Gasteiger partial charge in [-0.3, -0.25) is 0 Å². The van der Waals surface area contributed by atoms with Crippen LogP contribution in [0.4, 0.5) is 4.79 Å². The smallest absolute Gasteiger partial charge is 0.407 e. The second kappa shape index (κ2) is 4.82. The number of oxazole rings is 1. The lowest BCUT2D eigenvalue weighted by atomic mass is 10.4. The Bertz CT molecular complexity index is 325. The van der Waals surface area contributed by atoms with Crippen LogP contribution in [0.2, 0.25) is 0 Å². The van der Waals surface area contributed by atoms with Crippen LogP contribution >= 0.6 is 0 Å². The predicted molar refractivity (Wildman–Crippen MR) is 54.4 cm³/mol. The SMILES string of the molecule is Cc1nc(CNC(=O)OC(C)C)oc1C. The zero-order valence-corrected chi connectivity index (χ0v) is 9.46. The molecule has 5 heteroatoms. The minimum atomic E-state index is -0.460. The first-order chi connectivity index (χ1) is 6.99. The third-order valence-electron chi connectivity index (χ3n) is 1.80. The molecule has 84 valence electrons. The van der Waals surface area contributed by atoms with Gasteiger partial charge in [0.15, 0.2) is 0 Å². The Hall–Kier alpha value is -1.52. The maximum absolute atomic E-state index is 11.1. The summed E-state index contributed by atoms with van der Waals surface area (Å²) in [5, 5.41) is 2.55. The number of aromatic nitrogens is 1. The van der Waals surface area contributed by atoms with Crippen molar-refractivity contribution in [2.45, 2.75) is 40.3 Å². The highest BCUT2D eigenvalue weighted by Crippen LogP contribution is 2.07. The monoisotopic (exact) mass is 212 g/mol. The van der Waals surface area contributed by atoms with E-state index in [0.717, 1.165) is 11.5 Å². The number of amides is 1. The van der Waals surface area contributed by atoms with Crippen LogP contribution in [-0.4, -0.2) is 17.2 Å². The Morgan fingerprint density at radius 1 is 1.53 bits per heavy atom. The van der Waals surface area contributed by atoms with Crippen LogP contribution in [0.1, 0.15) is 31.2 Å². The molecule has 15 heavy (non-hydrogen) atoms. The molecule has 0 unspecified atom stereocenters. The lowest BCUT2D eigenvalue weighted by Gasteiger charge is -2.07. The van der Waals surface area contributed by atoms with E-state index in [1.54, 1.807) is 13.8 Å². The molecule has 1 aromatic heterocycles. The van der Waals surface area contributed by atoms with E-state index in [1.165, 1.54) is 0 Å². The first-order valence-electron chi connectivity index (χ1n) is 4.86. The van der Waals surface area contributed by atoms with Gasteiger partial charge < -0.3 is 14.5 Å². The van der Waals surface area contributed by atoms with Crippen molar-refractivity contribution >= 4 is 6.09 Å². The lowest BCUT2D eigenvalue weighted by molar-refractivity contribution is 0.114. The van der Waals surface area contributed by atoms with E-state index in [-0.39, 0.29) is 12.6 Å². The Kier molecular flexibility index (Phi) is 3.71. The summed E-state index contributed by atoms with van der Waals surface area (Å²) in [7, 11) is 0. The van der Waals surface area contributed by atoms with Gasteiger partial charge in [0.1, 0.15) is 5.76 Å². The molecular weight excluding hydrogens is 196 g/mol. The van der Waals surface area contributed by atoms with Gasteiger partial charge in [0.2, 0.25) is 5.89 Å². The molecule has 0 saturated heterocycles. The highest BCUT2D eigenvalue weighted by atomic mass is 16.6. The van der Waals surface area contributed by atoms with Gasteiger partial charge in [-0.2, -0.15) is 0 Å². The molecule has 0 saturated carbocycles. The lowest BCUT2D eigenvalue weighted by Crippen LogP contribution is -2.26. The summed E-state index contributed by atoms with van der Waals surface area (Å²) in [5.74, 6) is 1.26. The van der Waals surface area contributed by atoms with E-state index in [9.17, 15) is 4.79 Å². The van der Waals surface area contributed by atoms with E-state index >= 15 is 0 Å². The second-order valence-electron chi connectivity index (χ2n) is 3.56. The van der Waals surface area contributed by atoms with Crippen LogP contribution in [0.25, 0.3) is 0 Å². The van der Waals surface area contributed by atoms with Crippen LogP contribution in [0.3, 0.4) is 0 Å². The van der Waals surface area contributed by atoms with Crippen molar-refractivity contribution in [2.75, 3.05) is 0 Å². The summed E-state index contributed by atoms with van der Waals surface area (Å²) in [6, 6.07) is 0. The molecule has 1 N–H and O–H groups in total. The molecule has 0 fully saturated rings. The number of hydrogen-bond donors (Lipinski definition) is 1. The van der Waals surface area contributed by atoms with Gasteiger partial charge in [0, 0.05) is 0 Å². The number of rotatable bonds is 3. The van der Waals surface area contributed by atoms with E-state index in [2.05, 4.69) is 10.3 Å². The summed E-state index contributed by atoms with van der Waals surface area (Å²) in [6.45, 7) is 7.52. The van der Waals surface area contributed by atoms with E-state index in [4.69, 9.17) is 9.15 Å². The second-order valence-corrected chi connectivity index (χ2v) is 3.56. The Morgan fingerprint density at radius 3 is 2.67 bits per heavy atom. The number of alkyl carbamates (subject to hydrolysis) is 1. The summed E-state index contributed by atoms with van der Waals surface area (Å²) in [4.78, 5) is 15.2. The van der Waals surface area contributed by atoms with Gasteiger partial charge in [0.25, 0.3) is 0 Å². The third-order valence-corrected chi connectivity index (χ3v) is 1.80. The molecule has 0 spiro atoms. The summed E-state index contributed by atoms with van der Waals surface area (Å²) in [5.41, 5.74) is 0.837. The minimum absolute atomic E-state index is 0.127. The van der Waals surface area contributed by atoms with Crippen molar-refractivity contribution in [3.05, 3.63) is 17.3 Å². The number of aryl methyl sites for hydroxylation is 2. The van der Waals surface area contributed by atoms with Crippen molar-refractivity contribution < 1.29 is 13.9 Å². The number of hydrogen-bond acceptors (Lipinski definition) is 4. The van der Waals surface area contributed by atoms with Crippen molar-refractivity contribution in [1.82, 2.24) is 10.3 Å². The molecule has 0 bridgehead atoms. The van der Waals surface area contributed by atoms with E-state index in [0.29, 0.717) is 5.89 Å². The normalized spacial score (nSPS) is 10.5. The predicted octanol–water partition coefficient (Wildman–Crippen LogP) is 1.93. The topological polar surface area (TPSA) is 64.4 Å².